The molecule has 1 saturated heterocycles. The smallest absolute Gasteiger partial charge is 0.0639 e. The lowest BCUT2D eigenvalue weighted by atomic mass is 10.1. The highest BCUT2D eigenvalue weighted by Crippen LogP contribution is 2.13. The number of hydrogen-bond donors (Lipinski definition) is 1. The summed E-state index contributed by atoms with van der Waals surface area (Å²) in [4.78, 5) is 4.80. The first kappa shape index (κ1) is 17.4. The molecule has 1 heterocycles. The summed E-state index contributed by atoms with van der Waals surface area (Å²) in [5, 5.41) is 9.78. The Balaban J connectivity index is 1.92. The van der Waals surface area contributed by atoms with Gasteiger partial charge in [0, 0.05) is 39.3 Å². The van der Waals surface area contributed by atoms with Gasteiger partial charge in [0.15, 0.2) is 0 Å². The fourth-order valence-corrected chi connectivity index (χ4v) is 2.98. The van der Waals surface area contributed by atoms with E-state index in [1.54, 1.807) is 0 Å². The van der Waals surface area contributed by atoms with Gasteiger partial charge >= 0.3 is 0 Å². The fourth-order valence-electron chi connectivity index (χ4n) is 2.98. The van der Waals surface area contributed by atoms with Crippen molar-refractivity contribution in [2.75, 3.05) is 45.9 Å². The van der Waals surface area contributed by atoms with Crippen LogP contribution in [0.15, 0.2) is 18.2 Å². The molecule has 0 aliphatic carbocycles. The second kappa shape index (κ2) is 8.63. The zero-order chi connectivity index (χ0) is 15.9. The van der Waals surface area contributed by atoms with Crippen molar-refractivity contribution in [3.63, 3.8) is 0 Å². The van der Waals surface area contributed by atoms with E-state index in [2.05, 4.69) is 41.8 Å². The van der Waals surface area contributed by atoms with Crippen molar-refractivity contribution < 1.29 is 9.84 Å². The first-order valence-corrected chi connectivity index (χ1v) is 8.31. The minimum Gasteiger partial charge on any atom is -0.392 e. The van der Waals surface area contributed by atoms with Crippen LogP contribution in [-0.2, 0) is 11.3 Å². The van der Waals surface area contributed by atoms with Crippen LogP contribution in [-0.4, -0.2) is 66.9 Å². The number of hydrogen-bond acceptors (Lipinski definition) is 4. The Morgan fingerprint density at radius 2 is 2.00 bits per heavy atom. The molecule has 1 aromatic carbocycles. The average Bonchev–Trinajstić information content (AvgIpc) is 2.48. The summed E-state index contributed by atoms with van der Waals surface area (Å²) in [5.41, 5.74) is 3.99. The Kier molecular flexibility index (Phi) is 6.83. The Morgan fingerprint density at radius 1 is 1.27 bits per heavy atom. The summed E-state index contributed by atoms with van der Waals surface area (Å²) in [7, 11) is 0. The molecule has 1 aromatic rings. The molecule has 0 amide bonds. The number of rotatable bonds is 7. The molecule has 1 fully saturated rings. The monoisotopic (exact) mass is 306 g/mol. The fraction of sp³-hybridized carbons (Fsp3) is 0.667. The molecule has 22 heavy (non-hydrogen) atoms. The average molecular weight is 306 g/mol. The Morgan fingerprint density at radius 3 is 2.64 bits per heavy atom. The Bertz CT molecular complexity index is 456. The van der Waals surface area contributed by atoms with Gasteiger partial charge in [-0.25, -0.2) is 0 Å². The standard InChI is InChI=1S/C18H30N2O2/c1-15-4-5-18(16(2)12-15)14-20(13-17(3)21)7-6-19-8-10-22-11-9-19/h4-5,12,17,21H,6-11,13-14H2,1-3H3. The molecule has 1 N–H and O–H groups in total. The van der Waals surface area contributed by atoms with Gasteiger partial charge in [-0.2, -0.15) is 0 Å². The minimum atomic E-state index is -0.296. The molecular weight excluding hydrogens is 276 g/mol. The highest BCUT2D eigenvalue weighted by molar-refractivity contribution is 5.30. The van der Waals surface area contributed by atoms with E-state index in [4.69, 9.17) is 4.74 Å². The second-order valence-electron chi connectivity index (χ2n) is 6.47. The van der Waals surface area contributed by atoms with E-state index < -0.39 is 0 Å². The molecule has 0 saturated carbocycles. The molecule has 0 spiro atoms. The van der Waals surface area contributed by atoms with Crippen LogP contribution in [0.1, 0.15) is 23.6 Å². The van der Waals surface area contributed by atoms with Crippen molar-refractivity contribution in [3.05, 3.63) is 34.9 Å². The van der Waals surface area contributed by atoms with E-state index in [-0.39, 0.29) is 6.10 Å². The first-order valence-electron chi connectivity index (χ1n) is 8.31. The third-order valence-corrected chi connectivity index (χ3v) is 4.25. The van der Waals surface area contributed by atoms with Crippen molar-refractivity contribution in [1.82, 2.24) is 9.80 Å². The van der Waals surface area contributed by atoms with Crippen molar-refractivity contribution in [1.29, 1.82) is 0 Å². The molecule has 0 bridgehead atoms. The molecule has 0 aromatic heterocycles. The summed E-state index contributed by atoms with van der Waals surface area (Å²) in [5.74, 6) is 0. The summed E-state index contributed by atoms with van der Waals surface area (Å²) in [6, 6.07) is 6.62. The van der Waals surface area contributed by atoms with E-state index in [9.17, 15) is 5.11 Å². The van der Waals surface area contributed by atoms with E-state index in [1.807, 2.05) is 6.92 Å². The van der Waals surface area contributed by atoms with E-state index >= 15 is 0 Å². The van der Waals surface area contributed by atoms with Gasteiger partial charge in [0.25, 0.3) is 0 Å². The zero-order valence-electron chi connectivity index (χ0n) is 14.2. The maximum Gasteiger partial charge on any atom is 0.0639 e. The lowest BCUT2D eigenvalue weighted by Crippen LogP contribution is -2.42. The third-order valence-electron chi connectivity index (χ3n) is 4.25. The topological polar surface area (TPSA) is 35.9 Å². The molecule has 1 aliphatic rings. The van der Waals surface area contributed by atoms with Crippen molar-refractivity contribution in [3.8, 4) is 0 Å². The summed E-state index contributed by atoms with van der Waals surface area (Å²) < 4.78 is 5.40. The van der Waals surface area contributed by atoms with Crippen LogP contribution in [0.5, 0.6) is 0 Å². The van der Waals surface area contributed by atoms with Crippen molar-refractivity contribution in [2.45, 2.75) is 33.4 Å². The normalized spacial score (nSPS) is 17.9. The van der Waals surface area contributed by atoms with Crippen LogP contribution in [0, 0.1) is 13.8 Å². The molecule has 4 heteroatoms. The number of morpholine rings is 1. The highest BCUT2D eigenvalue weighted by Gasteiger charge is 2.14. The zero-order valence-corrected chi connectivity index (χ0v) is 14.2. The number of benzene rings is 1. The number of aliphatic hydroxyl groups excluding tert-OH is 1. The van der Waals surface area contributed by atoms with Crippen LogP contribution in [0.3, 0.4) is 0 Å². The van der Waals surface area contributed by atoms with Gasteiger partial charge in [0.1, 0.15) is 0 Å². The van der Waals surface area contributed by atoms with Gasteiger partial charge in [0.05, 0.1) is 19.3 Å². The van der Waals surface area contributed by atoms with Gasteiger partial charge < -0.3 is 9.84 Å². The lowest BCUT2D eigenvalue weighted by Gasteiger charge is -2.31. The third kappa shape index (κ3) is 5.69. The van der Waals surface area contributed by atoms with Crippen molar-refractivity contribution in [2.24, 2.45) is 0 Å². The van der Waals surface area contributed by atoms with Gasteiger partial charge in [-0.3, -0.25) is 9.80 Å². The van der Waals surface area contributed by atoms with Crippen LogP contribution in [0.25, 0.3) is 0 Å². The SMILES string of the molecule is Cc1ccc(CN(CCN2CCOCC2)CC(C)O)c(C)c1. The molecule has 1 aliphatic heterocycles. The summed E-state index contributed by atoms with van der Waals surface area (Å²) >= 11 is 0. The maximum absolute atomic E-state index is 9.78. The predicted octanol–water partition coefficient (Wildman–Crippen LogP) is 1.82. The molecule has 124 valence electrons. The molecule has 1 atom stereocenters. The van der Waals surface area contributed by atoms with Gasteiger partial charge in [-0.05, 0) is 31.9 Å². The van der Waals surface area contributed by atoms with Crippen LogP contribution >= 0.6 is 0 Å². The summed E-state index contributed by atoms with van der Waals surface area (Å²) in [6.45, 7) is 13.5. The second-order valence-corrected chi connectivity index (χ2v) is 6.47. The van der Waals surface area contributed by atoms with Gasteiger partial charge in [-0.1, -0.05) is 23.8 Å². The quantitative estimate of drug-likeness (QED) is 0.833. The largest absolute Gasteiger partial charge is 0.392 e. The number of nitrogens with zero attached hydrogens (tertiary/aromatic N) is 2. The van der Waals surface area contributed by atoms with Crippen molar-refractivity contribution >= 4 is 0 Å². The highest BCUT2D eigenvalue weighted by atomic mass is 16.5. The number of ether oxygens (including phenoxy) is 1. The molecule has 0 radical (unpaired) electrons. The predicted molar refractivity (Wildman–Crippen MR) is 90.1 cm³/mol. The molecule has 4 nitrogen and oxygen atoms in total. The van der Waals surface area contributed by atoms with Crippen LogP contribution < -0.4 is 0 Å². The Hall–Kier alpha value is -0.940. The number of aliphatic hydroxyl groups is 1. The van der Waals surface area contributed by atoms with Crippen LogP contribution in [0.4, 0.5) is 0 Å². The summed E-state index contributed by atoms with van der Waals surface area (Å²) in [6.07, 6.45) is -0.296. The van der Waals surface area contributed by atoms with Gasteiger partial charge in [0.2, 0.25) is 0 Å². The molecule has 2 rings (SSSR count). The van der Waals surface area contributed by atoms with E-state index in [0.29, 0.717) is 0 Å². The number of aryl methyl sites for hydroxylation is 2. The molecule has 1 unspecified atom stereocenters. The first-order chi connectivity index (χ1) is 10.5. The van der Waals surface area contributed by atoms with E-state index in [1.165, 1.54) is 16.7 Å². The van der Waals surface area contributed by atoms with Gasteiger partial charge in [-0.15, -0.1) is 0 Å². The Labute approximate surface area is 134 Å². The molecular formula is C18H30N2O2. The van der Waals surface area contributed by atoms with E-state index in [0.717, 1.165) is 52.5 Å². The maximum atomic E-state index is 9.78. The minimum absolute atomic E-state index is 0.296. The lowest BCUT2D eigenvalue weighted by molar-refractivity contribution is 0.0299. The van der Waals surface area contributed by atoms with Crippen LogP contribution in [0.2, 0.25) is 0 Å².